The normalized spacial score (nSPS) is 17.3. The van der Waals surface area contributed by atoms with Gasteiger partial charge in [0, 0.05) is 6.20 Å². The third kappa shape index (κ3) is 3.62. The molecule has 0 unspecified atom stereocenters. The molecule has 5 N–H and O–H groups in total. The van der Waals surface area contributed by atoms with E-state index in [9.17, 15) is 20.1 Å². The Balaban J connectivity index is 1.94. The fraction of sp³-hybridized carbons (Fsp3) is 0.533. The second kappa shape index (κ2) is 7.76. The molecular weight excluding hydrogens is 362 g/mol. The van der Waals surface area contributed by atoms with Crippen LogP contribution < -0.4 is 10.6 Å². The molecule has 2 aromatic rings. The smallest absolute Gasteiger partial charge is 0.244 e. The van der Waals surface area contributed by atoms with Gasteiger partial charge in [0.15, 0.2) is 10.8 Å². The fourth-order valence-electron chi connectivity index (χ4n) is 2.68. The van der Waals surface area contributed by atoms with Crippen LogP contribution in [0.4, 0.5) is 11.5 Å². The molecule has 2 aromatic heterocycles. The minimum Gasteiger partial charge on any atom is -0.394 e. The summed E-state index contributed by atoms with van der Waals surface area (Å²) in [7, 11) is 0. The molecule has 1 amide bonds. The number of aliphatic hydroxyl groups is 3. The molecule has 142 valence electrons. The van der Waals surface area contributed by atoms with Gasteiger partial charge in [-0.15, -0.1) is 0 Å². The van der Waals surface area contributed by atoms with Gasteiger partial charge in [-0.1, -0.05) is 11.8 Å². The number of nitrogens with one attached hydrogen (secondary N) is 2. The second-order valence-corrected chi connectivity index (χ2v) is 6.69. The summed E-state index contributed by atoms with van der Waals surface area (Å²) in [5, 5.41) is 35.7. The van der Waals surface area contributed by atoms with E-state index in [4.69, 9.17) is 4.74 Å². The number of hydrogen-bond acceptors (Lipinski definition) is 9. The summed E-state index contributed by atoms with van der Waals surface area (Å²) < 4.78 is 7.27. The standard InChI is InChI=1S/C15H21N5O5S/c1-7(22)12(24)9(5-21)25-6-20-4-8-11-13(17-10(23)3-16-8)18-15(26-2)19-14(11)20/h4,7,9,12,16,21-22,24H,3,5-6H2,1-2H3,(H,17,18,19,23)/t7-,9+,12-/m0/s1. The van der Waals surface area contributed by atoms with Gasteiger partial charge in [-0.3, -0.25) is 4.79 Å². The average Bonchev–Trinajstić information content (AvgIpc) is 2.89. The predicted molar refractivity (Wildman–Crippen MR) is 96.1 cm³/mol. The number of nitrogens with zero attached hydrogens (tertiary/aromatic N) is 3. The third-order valence-electron chi connectivity index (χ3n) is 4.06. The van der Waals surface area contributed by atoms with Crippen molar-refractivity contribution in [2.45, 2.75) is 37.1 Å². The van der Waals surface area contributed by atoms with Gasteiger partial charge in [-0.2, -0.15) is 0 Å². The van der Waals surface area contributed by atoms with E-state index >= 15 is 0 Å². The fourth-order valence-corrected chi connectivity index (χ4v) is 3.04. The van der Waals surface area contributed by atoms with Crippen LogP contribution in [-0.2, 0) is 16.3 Å². The van der Waals surface area contributed by atoms with Crippen LogP contribution in [0.5, 0.6) is 0 Å². The summed E-state index contributed by atoms with van der Waals surface area (Å²) in [4.78, 5) is 20.6. The molecule has 0 fully saturated rings. The highest BCUT2D eigenvalue weighted by Crippen LogP contribution is 2.33. The molecule has 0 bridgehead atoms. The van der Waals surface area contributed by atoms with Crippen molar-refractivity contribution < 1.29 is 24.9 Å². The van der Waals surface area contributed by atoms with Crippen LogP contribution in [0.1, 0.15) is 6.92 Å². The Morgan fingerprint density at radius 3 is 2.85 bits per heavy atom. The molecule has 3 heterocycles. The summed E-state index contributed by atoms with van der Waals surface area (Å²) in [6.07, 6.45) is 0.359. The molecule has 0 radical (unpaired) electrons. The van der Waals surface area contributed by atoms with Crippen LogP contribution in [0.25, 0.3) is 11.0 Å². The van der Waals surface area contributed by atoms with Crippen molar-refractivity contribution in [2.75, 3.05) is 30.0 Å². The Kier molecular flexibility index (Phi) is 5.63. The highest BCUT2D eigenvalue weighted by molar-refractivity contribution is 7.98. The Morgan fingerprint density at radius 1 is 1.42 bits per heavy atom. The molecular formula is C15H21N5O5S. The first kappa shape index (κ1) is 18.9. The number of aliphatic hydroxyl groups excluding tert-OH is 3. The van der Waals surface area contributed by atoms with Gasteiger partial charge in [-0.25, -0.2) is 9.97 Å². The topological polar surface area (TPSA) is 142 Å². The highest BCUT2D eigenvalue weighted by Gasteiger charge is 2.25. The lowest BCUT2D eigenvalue weighted by Gasteiger charge is -2.23. The van der Waals surface area contributed by atoms with Crippen molar-refractivity contribution >= 4 is 40.2 Å². The van der Waals surface area contributed by atoms with Gasteiger partial charge >= 0.3 is 0 Å². The summed E-state index contributed by atoms with van der Waals surface area (Å²) >= 11 is 1.34. The van der Waals surface area contributed by atoms with Crippen molar-refractivity contribution in [1.29, 1.82) is 0 Å². The molecule has 3 rings (SSSR count). The molecule has 26 heavy (non-hydrogen) atoms. The van der Waals surface area contributed by atoms with Gasteiger partial charge in [0.05, 0.1) is 30.3 Å². The lowest BCUT2D eigenvalue weighted by atomic mass is 10.1. The number of amides is 1. The molecule has 0 aromatic carbocycles. The first-order valence-corrected chi connectivity index (χ1v) is 9.24. The molecule has 10 nitrogen and oxygen atoms in total. The number of rotatable bonds is 7. The lowest BCUT2D eigenvalue weighted by Crippen LogP contribution is -2.40. The van der Waals surface area contributed by atoms with E-state index in [1.165, 1.54) is 18.7 Å². The summed E-state index contributed by atoms with van der Waals surface area (Å²) in [6, 6.07) is 0. The summed E-state index contributed by atoms with van der Waals surface area (Å²) in [5.41, 5.74) is 1.23. The van der Waals surface area contributed by atoms with Crippen molar-refractivity contribution in [3.63, 3.8) is 0 Å². The predicted octanol–water partition coefficient (Wildman–Crippen LogP) is -0.406. The van der Waals surface area contributed by atoms with E-state index < -0.39 is 24.9 Å². The van der Waals surface area contributed by atoms with Gasteiger partial charge in [0.2, 0.25) is 5.91 Å². The Hall–Kier alpha value is -1.92. The van der Waals surface area contributed by atoms with Crippen LogP contribution in [0.3, 0.4) is 0 Å². The molecule has 0 saturated heterocycles. The van der Waals surface area contributed by atoms with Crippen LogP contribution >= 0.6 is 11.8 Å². The molecule has 3 atom stereocenters. The number of aromatic nitrogens is 3. The highest BCUT2D eigenvalue weighted by atomic mass is 32.2. The zero-order chi connectivity index (χ0) is 18.8. The average molecular weight is 383 g/mol. The van der Waals surface area contributed by atoms with Crippen molar-refractivity contribution in [3.8, 4) is 0 Å². The third-order valence-corrected chi connectivity index (χ3v) is 4.61. The van der Waals surface area contributed by atoms with E-state index in [1.54, 1.807) is 10.8 Å². The molecule has 1 aliphatic heterocycles. The zero-order valence-corrected chi connectivity index (χ0v) is 15.2. The molecule has 11 heteroatoms. The van der Waals surface area contributed by atoms with Crippen LogP contribution in [0, 0.1) is 0 Å². The molecule has 1 aliphatic rings. The minimum atomic E-state index is -1.22. The van der Waals surface area contributed by atoms with Gasteiger partial charge in [0.25, 0.3) is 0 Å². The maximum absolute atomic E-state index is 11.8. The quantitative estimate of drug-likeness (QED) is 0.319. The van der Waals surface area contributed by atoms with Crippen molar-refractivity contribution in [2.24, 2.45) is 0 Å². The Labute approximate surface area is 153 Å². The van der Waals surface area contributed by atoms with Crippen LogP contribution in [-0.4, -0.2) is 73.5 Å². The van der Waals surface area contributed by atoms with Crippen molar-refractivity contribution in [3.05, 3.63) is 6.20 Å². The first-order chi connectivity index (χ1) is 12.4. The van der Waals surface area contributed by atoms with E-state index in [0.717, 1.165) is 0 Å². The zero-order valence-electron chi connectivity index (χ0n) is 14.3. The van der Waals surface area contributed by atoms with E-state index in [2.05, 4.69) is 20.6 Å². The van der Waals surface area contributed by atoms with Gasteiger partial charge in [0.1, 0.15) is 24.8 Å². The maximum atomic E-state index is 11.8. The number of anilines is 2. The summed E-state index contributed by atoms with van der Waals surface area (Å²) in [6.45, 7) is 1.07. The number of carbonyl (C=O) groups is 1. The second-order valence-electron chi connectivity index (χ2n) is 5.92. The van der Waals surface area contributed by atoms with Gasteiger partial charge in [-0.05, 0) is 13.2 Å². The Morgan fingerprint density at radius 2 is 2.19 bits per heavy atom. The SMILES string of the molecule is CSc1nc2c3c(cn(CO[C@H](CO)[C@@H](O)[C@H](C)O)c3n1)NCC(=O)N2. The van der Waals surface area contributed by atoms with Crippen molar-refractivity contribution in [1.82, 2.24) is 14.5 Å². The molecule has 0 spiro atoms. The molecule has 0 aliphatic carbocycles. The van der Waals surface area contributed by atoms with E-state index in [0.29, 0.717) is 27.7 Å². The van der Waals surface area contributed by atoms with E-state index in [1.807, 2.05) is 6.26 Å². The summed E-state index contributed by atoms with van der Waals surface area (Å²) in [5.74, 6) is 0.224. The van der Waals surface area contributed by atoms with Gasteiger partial charge < -0.3 is 35.3 Å². The maximum Gasteiger partial charge on any atom is 0.244 e. The Bertz CT molecular complexity index is 811. The lowest BCUT2D eigenvalue weighted by molar-refractivity contribution is -0.119. The van der Waals surface area contributed by atoms with E-state index in [-0.39, 0.29) is 19.2 Å². The largest absolute Gasteiger partial charge is 0.394 e. The monoisotopic (exact) mass is 383 g/mol. The van der Waals surface area contributed by atoms with Crippen LogP contribution in [0.2, 0.25) is 0 Å². The molecule has 0 saturated carbocycles. The number of ether oxygens (including phenoxy) is 1. The number of thioether (sulfide) groups is 1. The number of hydrogen-bond donors (Lipinski definition) is 5. The number of carbonyl (C=O) groups excluding carboxylic acids is 1. The minimum absolute atomic E-state index is 0.00852. The first-order valence-electron chi connectivity index (χ1n) is 8.01. The van der Waals surface area contributed by atoms with Crippen LogP contribution in [0.15, 0.2) is 11.4 Å².